The van der Waals surface area contributed by atoms with Crippen LogP contribution in [0.25, 0.3) is 0 Å². The third-order valence-corrected chi connectivity index (χ3v) is 5.39. The van der Waals surface area contributed by atoms with Crippen LogP contribution in [0.15, 0.2) is 22.7 Å². The maximum absolute atomic E-state index is 12.4. The summed E-state index contributed by atoms with van der Waals surface area (Å²) in [6, 6.07) is 0. The van der Waals surface area contributed by atoms with Gasteiger partial charge in [-0.15, -0.1) is 11.3 Å². The molecule has 0 aliphatic heterocycles. The Labute approximate surface area is 116 Å². The molecule has 3 N–H and O–H groups in total. The van der Waals surface area contributed by atoms with Crippen LogP contribution in [0.2, 0.25) is 0 Å². The lowest BCUT2D eigenvalue weighted by atomic mass is 10.3. The summed E-state index contributed by atoms with van der Waals surface area (Å²) in [4.78, 5) is 1.18. The van der Waals surface area contributed by atoms with Gasteiger partial charge in [-0.3, -0.25) is 9.82 Å². The van der Waals surface area contributed by atoms with Gasteiger partial charge in [-0.1, -0.05) is 6.92 Å². The van der Waals surface area contributed by atoms with Gasteiger partial charge in [-0.25, -0.2) is 8.42 Å². The number of aromatic nitrogens is 2. The number of anilines is 1. The molecule has 0 saturated heterocycles. The molecular weight excluding hydrogens is 284 g/mol. The molecule has 2 aromatic heterocycles. The minimum absolute atomic E-state index is 0.361. The average Bonchev–Trinajstić information content (AvgIpc) is 2.95. The first kappa shape index (κ1) is 14.0. The van der Waals surface area contributed by atoms with E-state index in [9.17, 15) is 8.42 Å². The topological polar surface area (TPSA) is 86.9 Å². The number of thiophene rings is 1. The molecule has 0 spiro atoms. The van der Waals surface area contributed by atoms with Gasteiger partial charge in [0.15, 0.2) is 0 Å². The fraction of sp³-hybridized carbons (Fsp3) is 0.364. The Balaban J connectivity index is 2.31. The number of nitrogens with one attached hydrogen (secondary N) is 3. The zero-order valence-electron chi connectivity index (χ0n) is 10.7. The third-order valence-electron chi connectivity index (χ3n) is 2.54. The molecule has 0 aliphatic rings. The van der Waals surface area contributed by atoms with E-state index in [-0.39, 0.29) is 0 Å². The summed E-state index contributed by atoms with van der Waals surface area (Å²) in [6.07, 6.45) is 2.94. The smallest absolute Gasteiger partial charge is 0.263 e. The molecule has 0 unspecified atom stereocenters. The molecule has 2 rings (SSSR count). The van der Waals surface area contributed by atoms with Crippen LogP contribution in [-0.2, 0) is 16.6 Å². The van der Waals surface area contributed by atoms with E-state index < -0.39 is 10.0 Å². The summed E-state index contributed by atoms with van der Waals surface area (Å²) in [7, 11) is -3.57. The predicted molar refractivity (Wildman–Crippen MR) is 75.8 cm³/mol. The Kier molecular flexibility index (Phi) is 4.23. The maximum atomic E-state index is 12.4. The number of nitrogens with zero attached hydrogens (tertiary/aromatic N) is 1. The Morgan fingerprint density at radius 3 is 2.89 bits per heavy atom. The largest absolute Gasteiger partial charge is 0.312 e. The lowest BCUT2D eigenvalue weighted by molar-refractivity contribution is 0.599. The predicted octanol–water partition coefficient (Wildman–Crippen LogP) is 1.69. The molecule has 19 heavy (non-hydrogen) atoms. The number of H-pyrrole nitrogens is 1. The van der Waals surface area contributed by atoms with Crippen LogP contribution >= 0.6 is 11.3 Å². The van der Waals surface area contributed by atoms with Crippen molar-refractivity contribution in [3.05, 3.63) is 28.2 Å². The van der Waals surface area contributed by atoms with Gasteiger partial charge in [-0.2, -0.15) is 5.10 Å². The monoisotopic (exact) mass is 300 g/mol. The summed E-state index contributed by atoms with van der Waals surface area (Å²) < 4.78 is 27.3. The van der Waals surface area contributed by atoms with Crippen molar-refractivity contribution in [3.63, 3.8) is 0 Å². The van der Waals surface area contributed by atoms with Gasteiger partial charge in [-0.05, 0) is 24.4 Å². The molecular formula is C11H16N4O2S2. The second-order valence-corrected chi connectivity index (χ2v) is 6.63. The van der Waals surface area contributed by atoms with Crippen molar-refractivity contribution < 1.29 is 8.42 Å². The van der Waals surface area contributed by atoms with E-state index in [4.69, 9.17) is 0 Å². The number of aryl methyl sites for hydroxylation is 1. The second kappa shape index (κ2) is 5.72. The van der Waals surface area contributed by atoms with E-state index in [0.717, 1.165) is 17.0 Å². The minimum atomic E-state index is -3.57. The first-order valence-corrected chi connectivity index (χ1v) is 8.20. The Morgan fingerprint density at radius 1 is 1.47 bits per heavy atom. The zero-order valence-corrected chi connectivity index (χ0v) is 12.4. The van der Waals surface area contributed by atoms with Gasteiger partial charge in [0.1, 0.15) is 4.90 Å². The van der Waals surface area contributed by atoms with Crippen molar-refractivity contribution in [3.8, 4) is 0 Å². The van der Waals surface area contributed by atoms with Crippen LogP contribution in [0.4, 0.5) is 5.69 Å². The van der Waals surface area contributed by atoms with Gasteiger partial charge in [0.05, 0.1) is 11.9 Å². The minimum Gasteiger partial charge on any atom is -0.312 e. The summed E-state index contributed by atoms with van der Waals surface area (Å²) in [5, 5.41) is 11.3. The summed E-state index contributed by atoms with van der Waals surface area (Å²) in [5.74, 6) is 0. The van der Waals surface area contributed by atoms with Crippen molar-refractivity contribution in [2.24, 2.45) is 0 Å². The van der Waals surface area contributed by atoms with E-state index in [1.165, 1.54) is 23.7 Å². The molecule has 104 valence electrons. The first-order chi connectivity index (χ1) is 9.04. The van der Waals surface area contributed by atoms with Gasteiger partial charge in [0.2, 0.25) is 0 Å². The lowest BCUT2D eigenvalue weighted by Gasteiger charge is -2.08. The van der Waals surface area contributed by atoms with Crippen LogP contribution in [0.5, 0.6) is 0 Å². The van der Waals surface area contributed by atoms with Crippen LogP contribution < -0.4 is 10.0 Å². The standard InChI is InChI=1S/C11H16N4O2S2/c1-3-12-6-10-11(8(2)7-18-10)19(16,17)15-9-4-13-14-5-9/h4-5,7,12,15H,3,6H2,1-2H3,(H,13,14). The van der Waals surface area contributed by atoms with Gasteiger partial charge in [0.25, 0.3) is 10.0 Å². The molecule has 0 atom stereocenters. The van der Waals surface area contributed by atoms with E-state index in [2.05, 4.69) is 20.2 Å². The van der Waals surface area contributed by atoms with Crippen molar-refractivity contribution in [1.29, 1.82) is 0 Å². The van der Waals surface area contributed by atoms with Crippen LogP contribution in [0.3, 0.4) is 0 Å². The van der Waals surface area contributed by atoms with Crippen molar-refractivity contribution in [1.82, 2.24) is 15.5 Å². The van der Waals surface area contributed by atoms with Crippen molar-refractivity contribution in [2.45, 2.75) is 25.3 Å². The molecule has 0 aromatic carbocycles. The number of hydrogen-bond donors (Lipinski definition) is 3. The SMILES string of the molecule is CCNCc1scc(C)c1S(=O)(=O)Nc1cn[nH]c1. The molecule has 0 bridgehead atoms. The van der Waals surface area contributed by atoms with E-state index in [0.29, 0.717) is 17.1 Å². The molecule has 6 nitrogen and oxygen atoms in total. The van der Waals surface area contributed by atoms with Crippen molar-refractivity contribution in [2.75, 3.05) is 11.3 Å². The Morgan fingerprint density at radius 2 is 2.26 bits per heavy atom. The third kappa shape index (κ3) is 3.14. The Hall–Kier alpha value is -1.38. The highest BCUT2D eigenvalue weighted by molar-refractivity contribution is 7.93. The molecule has 2 heterocycles. The van der Waals surface area contributed by atoms with Gasteiger partial charge in [0, 0.05) is 17.6 Å². The second-order valence-electron chi connectivity index (χ2n) is 4.04. The number of rotatable bonds is 6. The molecule has 0 amide bonds. The lowest BCUT2D eigenvalue weighted by Crippen LogP contribution is -2.17. The molecule has 2 aromatic rings. The highest BCUT2D eigenvalue weighted by atomic mass is 32.2. The average molecular weight is 300 g/mol. The van der Waals surface area contributed by atoms with E-state index in [1.807, 2.05) is 12.3 Å². The summed E-state index contributed by atoms with van der Waals surface area (Å²) in [5.41, 5.74) is 1.19. The number of hydrogen-bond acceptors (Lipinski definition) is 5. The maximum Gasteiger partial charge on any atom is 0.263 e. The summed E-state index contributed by atoms with van der Waals surface area (Å²) >= 11 is 1.45. The molecule has 0 saturated carbocycles. The molecule has 0 fully saturated rings. The van der Waals surface area contributed by atoms with Crippen molar-refractivity contribution >= 4 is 27.0 Å². The highest BCUT2D eigenvalue weighted by Crippen LogP contribution is 2.28. The molecule has 0 radical (unpaired) electrons. The number of aromatic amines is 1. The van der Waals surface area contributed by atoms with E-state index >= 15 is 0 Å². The quantitative estimate of drug-likeness (QED) is 0.757. The van der Waals surface area contributed by atoms with Gasteiger partial charge >= 0.3 is 0 Å². The van der Waals surface area contributed by atoms with E-state index in [1.54, 1.807) is 6.92 Å². The molecule has 0 aliphatic carbocycles. The summed E-state index contributed by atoms with van der Waals surface area (Å²) in [6.45, 7) is 5.14. The fourth-order valence-electron chi connectivity index (χ4n) is 1.72. The van der Waals surface area contributed by atoms with Crippen LogP contribution in [-0.4, -0.2) is 25.2 Å². The van der Waals surface area contributed by atoms with Crippen LogP contribution in [0, 0.1) is 6.92 Å². The normalized spacial score (nSPS) is 11.7. The zero-order chi connectivity index (χ0) is 13.9. The Bertz CT molecular complexity index is 632. The molecule has 8 heteroatoms. The number of sulfonamides is 1. The first-order valence-electron chi connectivity index (χ1n) is 5.84. The highest BCUT2D eigenvalue weighted by Gasteiger charge is 2.23. The fourth-order valence-corrected chi connectivity index (χ4v) is 4.54. The van der Waals surface area contributed by atoms with Crippen LogP contribution in [0.1, 0.15) is 17.4 Å². The van der Waals surface area contributed by atoms with Gasteiger partial charge < -0.3 is 5.32 Å².